The van der Waals surface area contributed by atoms with Gasteiger partial charge in [-0.2, -0.15) is 5.10 Å². The number of aromatic carboxylic acids is 1. The summed E-state index contributed by atoms with van der Waals surface area (Å²) >= 11 is 0. The summed E-state index contributed by atoms with van der Waals surface area (Å²) in [7, 11) is -2.07. The van der Waals surface area contributed by atoms with Crippen LogP contribution in [-0.2, 0) is 23.6 Å². The molecule has 0 bridgehead atoms. The Balaban J connectivity index is 2.34. The van der Waals surface area contributed by atoms with E-state index in [0.717, 1.165) is 5.56 Å². The summed E-state index contributed by atoms with van der Waals surface area (Å²) in [5.41, 5.74) is 1.81. The standard InChI is InChI=1S/C14H17N3O4S/c1-9-4-12(14(18)19)5-13(10(9)2)22(20,21)16-7-11-6-15-17(3)8-11/h4-6,8,16H,7H2,1-3H3,(H,18,19). The number of aryl methyl sites for hydroxylation is 2. The van der Waals surface area contributed by atoms with Gasteiger partial charge in [-0.15, -0.1) is 0 Å². The number of benzene rings is 1. The van der Waals surface area contributed by atoms with E-state index in [0.29, 0.717) is 11.1 Å². The molecule has 0 aliphatic heterocycles. The van der Waals surface area contributed by atoms with E-state index in [1.54, 1.807) is 38.0 Å². The highest BCUT2D eigenvalue weighted by atomic mass is 32.2. The second-order valence-corrected chi connectivity index (χ2v) is 6.80. The zero-order chi connectivity index (χ0) is 16.5. The first-order chi connectivity index (χ1) is 10.2. The highest BCUT2D eigenvalue weighted by Crippen LogP contribution is 2.21. The van der Waals surface area contributed by atoms with Crippen molar-refractivity contribution in [3.05, 3.63) is 46.8 Å². The van der Waals surface area contributed by atoms with E-state index in [9.17, 15) is 13.2 Å². The molecule has 2 rings (SSSR count). The van der Waals surface area contributed by atoms with Crippen molar-refractivity contribution >= 4 is 16.0 Å². The zero-order valence-electron chi connectivity index (χ0n) is 12.5. The van der Waals surface area contributed by atoms with Crippen molar-refractivity contribution in [1.82, 2.24) is 14.5 Å². The van der Waals surface area contributed by atoms with E-state index in [1.807, 2.05) is 0 Å². The van der Waals surface area contributed by atoms with E-state index >= 15 is 0 Å². The van der Waals surface area contributed by atoms with Crippen LogP contribution in [0.2, 0.25) is 0 Å². The molecular weight excluding hydrogens is 306 g/mol. The highest BCUT2D eigenvalue weighted by Gasteiger charge is 2.20. The van der Waals surface area contributed by atoms with E-state index in [1.165, 1.54) is 12.1 Å². The Morgan fingerprint density at radius 3 is 2.59 bits per heavy atom. The highest BCUT2D eigenvalue weighted by molar-refractivity contribution is 7.89. The van der Waals surface area contributed by atoms with Gasteiger partial charge in [-0.1, -0.05) is 0 Å². The lowest BCUT2D eigenvalue weighted by atomic mass is 10.1. The fourth-order valence-corrected chi connectivity index (χ4v) is 3.41. The quantitative estimate of drug-likeness (QED) is 0.861. The number of carbonyl (C=O) groups is 1. The van der Waals surface area contributed by atoms with Crippen molar-refractivity contribution in [2.24, 2.45) is 7.05 Å². The monoisotopic (exact) mass is 323 g/mol. The van der Waals surface area contributed by atoms with Crippen molar-refractivity contribution < 1.29 is 18.3 Å². The van der Waals surface area contributed by atoms with Crippen LogP contribution < -0.4 is 4.72 Å². The first kappa shape index (κ1) is 16.2. The van der Waals surface area contributed by atoms with Gasteiger partial charge in [-0.05, 0) is 37.1 Å². The van der Waals surface area contributed by atoms with Gasteiger partial charge in [0.15, 0.2) is 0 Å². The summed E-state index contributed by atoms with van der Waals surface area (Å²) < 4.78 is 28.9. The van der Waals surface area contributed by atoms with Gasteiger partial charge in [-0.3, -0.25) is 4.68 Å². The van der Waals surface area contributed by atoms with E-state index in [4.69, 9.17) is 5.11 Å². The van der Waals surface area contributed by atoms with Gasteiger partial charge in [0.25, 0.3) is 0 Å². The molecule has 1 heterocycles. The number of nitrogens with zero attached hydrogens (tertiary/aromatic N) is 2. The molecule has 1 aromatic carbocycles. The molecule has 0 aliphatic carbocycles. The summed E-state index contributed by atoms with van der Waals surface area (Å²) in [4.78, 5) is 11.1. The number of sulfonamides is 1. The van der Waals surface area contributed by atoms with E-state index in [2.05, 4.69) is 9.82 Å². The molecule has 1 aromatic heterocycles. The van der Waals surface area contributed by atoms with Crippen molar-refractivity contribution in [3.63, 3.8) is 0 Å². The zero-order valence-corrected chi connectivity index (χ0v) is 13.3. The number of aromatic nitrogens is 2. The van der Waals surface area contributed by atoms with Gasteiger partial charge >= 0.3 is 5.97 Å². The fraction of sp³-hybridized carbons (Fsp3) is 0.286. The van der Waals surface area contributed by atoms with Crippen molar-refractivity contribution in [1.29, 1.82) is 0 Å². The Morgan fingerprint density at radius 2 is 2.05 bits per heavy atom. The Bertz CT molecular complexity index is 825. The minimum absolute atomic E-state index is 0.0196. The lowest BCUT2D eigenvalue weighted by Crippen LogP contribution is -2.24. The number of carboxylic acids is 1. The second kappa shape index (κ2) is 5.90. The Hall–Kier alpha value is -2.19. The molecule has 0 unspecified atom stereocenters. The molecular formula is C14H17N3O4S. The summed E-state index contributed by atoms with van der Waals surface area (Å²) in [6.07, 6.45) is 3.27. The smallest absolute Gasteiger partial charge is 0.335 e. The lowest BCUT2D eigenvalue weighted by molar-refractivity contribution is 0.0696. The maximum Gasteiger partial charge on any atom is 0.335 e. The van der Waals surface area contributed by atoms with Crippen LogP contribution in [0.25, 0.3) is 0 Å². The normalized spacial score (nSPS) is 11.6. The average Bonchev–Trinajstić information content (AvgIpc) is 2.85. The van der Waals surface area contributed by atoms with Crippen LogP contribution in [0.3, 0.4) is 0 Å². The van der Waals surface area contributed by atoms with Crippen molar-refractivity contribution in [2.45, 2.75) is 25.3 Å². The average molecular weight is 323 g/mol. The Labute approximate surface area is 128 Å². The molecule has 8 heteroatoms. The van der Waals surface area contributed by atoms with Gasteiger partial charge < -0.3 is 5.11 Å². The number of carboxylic acid groups (broad SMARTS) is 1. The van der Waals surface area contributed by atoms with Gasteiger partial charge in [-0.25, -0.2) is 17.9 Å². The molecule has 0 radical (unpaired) electrons. The second-order valence-electron chi connectivity index (χ2n) is 5.07. The predicted molar refractivity (Wildman–Crippen MR) is 80.1 cm³/mol. The summed E-state index contributed by atoms with van der Waals surface area (Å²) in [5, 5.41) is 13.0. The predicted octanol–water partition coefficient (Wildman–Crippen LogP) is 1.21. The van der Waals surface area contributed by atoms with Crippen LogP contribution >= 0.6 is 0 Å². The number of rotatable bonds is 5. The largest absolute Gasteiger partial charge is 0.478 e. The van der Waals surface area contributed by atoms with Crippen LogP contribution in [0.1, 0.15) is 27.0 Å². The molecule has 2 aromatic rings. The third-order valence-electron chi connectivity index (χ3n) is 3.38. The fourth-order valence-electron chi connectivity index (χ4n) is 2.05. The van der Waals surface area contributed by atoms with E-state index in [-0.39, 0.29) is 17.0 Å². The third-order valence-corrected chi connectivity index (χ3v) is 4.91. The first-order valence-corrected chi connectivity index (χ1v) is 8.01. The van der Waals surface area contributed by atoms with Crippen LogP contribution in [0.4, 0.5) is 0 Å². The molecule has 118 valence electrons. The molecule has 0 fully saturated rings. The number of hydrogen-bond acceptors (Lipinski definition) is 4. The third kappa shape index (κ3) is 3.34. The molecule has 22 heavy (non-hydrogen) atoms. The first-order valence-electron chi connectivity index (χ1n) is 6.52. The van der Waals surface area contributed by atoms with Gasteiger partial charge in [0.05, 0.1) is 16.7 Å². The summed E-state index contributed by atoms with van der Waals surface area (Å²) in [5.74, 6) is -1.16. The van der Waals surface area contributed by atoms with E-state index < -0.39 is 16.0 Å². The lowest BCUT2D eigenvalue weighted by Gasteiger charge is -2.12. The van der Waals surface area contributed by atoms with Crippen molar-refractivity contribution in [2.75, 3.05) is 0 Å². The molecule has 0 atom stereocenters. The topological polar surface area (TPSA) is 101 Å². The molecule has 0 saturated heterocycles. The molecule has 0 aliphatic rings. The Kier molecular flexibility index (Phi) is 4.34. The molecule has 0 spiro atoms. The number of nitrogens with one attached hydrogen (secondary N) is 1. The summed E-state index contributed by atoms with van der Waals surface area (Å²) in [6.45, 7) is 3.42. The molecule has 7 nitrogen and oxygen atoms in total. The number of hydrogen-bond donors (Lipinski definition) is 2. The minimum Gasteiger partial charge on any atom is -0.478 e. The Morgan fingerprint density at radius 1 is 1.36 bits per heavy atom. The van der Waals surface area contributed by atoms with Crippen LogP contribution in [0.5, 0.6) is 0 Å². The van der Waals surface area contributed by atoms with Crippen molar-refractivity contribution in [3.8, 4) is 0 Å². The maximum atomic E-state index is 12.4. The van der Waals surface area contributed by atoms with Gasteiger partial charge in [0, 0.05) is 25.4 Å². The van der Waals surface area contributed by atoms with Crippen LogP contribution in [-0.4, -0.2) is 29.3 Å². The molecule has 0 amide bonds. The molecule has 2 N–H and O–H groups in total. The maximum absolute atomic E-state index is 12.4. The van der Waals surface area contributed by atoms with Crippen LogP contribution in [0, 0.1) is 13.8 Å². The van der Waals surface area contributed by atoms with Gasteiger partial charge in [0.1, 0.15) is 0 Å². The van der Waals surface area contributed by atoms with Gasteiger partial charge in [0.2, 0.25) is 10.0 Å². The SMILES string of the molecule is Cc1cc(C(=O)O)cc(S(=O)(=O)NCc2cnn(C)c2)c1C. The molecule has 0 saturated carbocycles. The van der Waals surface area contributed by atoms with Crippen LogP contribution in [0.15, 0.2) is 29.4 Å². The minimum atomic E-state index is -3.81. The summed E-state index contributed by atoms with van der Waals surface area (Å²) in [6, 6.07) is 2.63.